The van der Waals surface area contributed by atoms with Crippen LogP contribution in [0.4, 0.5) is 0 Å². The standard InChI is InChI=1S/C24H30O5S/c1-3-16(13-18-10-12-21(26)20-8-6-5-7-19(18)20)9-11-22(27)24-17(4-2)15-30(28,29)23(24)14-25/h5-8,10,12-13,22-23,25-27H,3-4,9,11,14-15H2,1-2H3/b16-13+/t22-,23+/m1/s1. The number of benzene rings is 2. The monoisotopic (exact) mass is 430 g/mol. The number of aromatic hydroxyl groups is 1. The number of sulfone groups is 1. The molecule has 2 aromatic carbocycles. The average Bonchev–Trinajstić information content (AvgIpc) is 3.02. The molecular formula is C24H30O5S. The smallest absolute Gasteiger partial charge is 0.163 e. The van der Waals surface area contributed by atoms with Gasteiger partial charge in [0, 0.05) is 5.39 Å². The molecule has 0 aromatic heterocycles. The average molecular weight is 431 g/mol. The molecular weight excluding hydrogens is 400 g/mol. The van der Waals surface area contributed by atoms with Crippen LogP contribution in [0.2, 0.25) is 0 Å². The Morgan fingerprint density at radius 2 is 1.87 bits per heavy atom. The quantitative estimate of drug-likeness (QED) is 0.551. The Morgan fingerprint density at radius 3 is 2.50 bits per heavy atom. The van der Waals surface area contributed by atoms with Crippen LogP contribution in [0.3, 0.4) is 0 Å². The highest BCUT2D eigenvalue weighted by Crippen LogP contribution is 2.34. The lowest BCUT2D eigenvalue weighted by molar-refractivity contribution is 0.188. The molecule has 0 radical (unpaired) electrons. The van der Waals surface area contributed by atoms with Crippen molar-refractivity contribution in [2.24, 2.45) is 0 Å². The fourth-order valence-electron chi connectivity index (χ4n) is 4.30. The van der Waals surface area contributed by atoms with Gasteiger partial charge in [-0.15, -0.1) is 0 Å². The molecule has 2 aromatic rings. The van der Waals surface area contributed by atoms with Gasteiger partial charge in [-0.25, -0.2) is 8.42 Å². The van der Waals surface area contributed by atoms with Gasteiger partial charge in [-0.05, 0) is 48.3 Å². The first-order valence-corrected chi connectivity index (χ1v) is 12.2. The second-order valence-corrected chi connectivity index (χ2v) is 10.0. The van der Waals surface area contributed by atoms with Crippen molar-refractivity contribution in [3.63, 3.8) is 0 Å². The van der Waals surface area contributed by atoms with Gasteiger partial charge in [0.05, 0.1) is 18.5 Å². The van der Waals surface area contributed by atoms with E-state index in [1.54, 1.807) is 6.07 Å². The predicted octanol–water partition coefficient (Wildman–Crippen LogP) is 3.98. The number of phenols is 1. The molecule has 3 rings (SSSR count). The SMILES string of the molecule is CCC1=C([C@H](O)CC/C(=C/c2ccc(O)c3ccccc23)CC)[C@H](CO)S(=O)(=O)C1. The Kier molecular flexibility index (Phi) is 7.01. The highest BCUT2D eigenvalue weighted by molar-refractivity contribution is 7.92. The van der Waals surface area contributed by atoms with E-state index in [1.165, 1.54) is 0 Å². The zero-order chi connectivity index (χ0) is 21.9. The van der Waals surface area contributed by atoms with Crippen LogP contribution in [-0.4, -0.2) is 47.5 Å². The Hall–Kier alpha value is -2.15. The summed E-state index contributed by atoms with van der Waals surface area (Å²) in [7, 11) is -3.44. The second kappa shape index (κ2) is 9.33. The minimum absolute atomic E-state index is 0.0723. The van der Waals surface area contributed by atoms with E-state index < -0.39 is 27.8 Å². The Balaban J connectivity index is 1.83. The van der Waals surface area contributed by atoms with Crippen LogP contribution in [0.5, 0.6) is 5.75 Å². The van der Waals surface area contributed by atoms with E-state index in [1.807, 2.05) is 44.2 Å². The first-order valence-electron chi connectivity index (χ1n) is 10.4. The Morgan fingerprint density at radius 1 is 1.17 bits per heavy atom. The summed E-state index contributed by atoms with van der Waals surface area (Å²) in [6.45, 7) is 3.44. The molecule has 0 unspecified atom stereocenters. The lowest BCUT2D eigenvalue weighted by Crippen LogP contribution is -2.29. The van der Waals surface area contributed by atoms with Gasteiger partial charge in [0.25, 0.3) is 0 Å². The molecule has 5 nitrogen and oxygen atoms in total. The van der Waals surface area contributed by atoms with Crippen LogP contribution in [-0.2, 0) is 9.84 Å². The van der Waals surface area contributed by atoms with Crippen LogP contribution in [0, 0.1) is 0 Å². The Bertz CT molecular complexity index is 1080. The van der Waals surface area contributed by atoms with Gasteiger partial charge in [-0.1, -0.05) is 61.4 Å². The molecule has 162 valence electrons. The van der Waals surface area contributed by atoms with Gasteiger partial charge < -0.3 is 15.3 Å². The number of fused-ring (bicyclic) bond motifs is 1. The summed E-state index contributed by atoms with van der Waals surface area (Å²) < 4.78 is 24.6. The first-order chi connectivity index (χ1) is 14.3. The van der Waals surface area contributed by atoms with Gasteiger partial charge in [0.15, 0.2) is 9.84 Å². The van der Waals surface area contributed by atoms with Crippen molar-refractivity contribution in [1.82, 2.24) is 0 Å². The number of hydrogen-bond acceptors (Lipinski definition) is 5. The van der Waals surface area contributed by atoms with E-state index in [9.17, 15) is 23.7 Å². The first kappa shape index (κ1) is 22.5. The van der Waals surface area contributed by atoms with E-state index >= 15 is 0 Å². The third-order valence-electron chi connectivity index (χ3n) is 6.00. The molecule has 2 atom stereocenters. The molecule has 3 N–H and O–H groups in total. The van der Waals surface area contributed by atoms with Gasteiger partial charge in [-0.2, -0.15) is 0 Å². The summed E-state index contributed by atoms with van der Waals surface area (Å²) in [5.74, 6) is 0.171. The van der Waals surface area contributed by atoms with Crippen LogP contribution in [0.25, 0.3) is 16.8 Å². The molecule has 6 heteroatoms. The van der Waals surface area contributed by atoms with Crippen molar-refractivity contribution in [3.8, 4) is 5.75 Å². The fourth-order valence-corrected chi connectivity index (χ4v) is 6.29. The molecule has 30 heavy (non-hydrogen) atoms. The number of hydrogen-bond donors (Lipinski definition) is 3. The van der Waals surface area contributed by atoms with E-state index in [0.29, 0.717) is 24.8 Å². The van der Waals surface area contributed by atoms with Crippen molar-refractivity contribution < 1.29 is 23.7 Å². The van der Waals surface area contributed by atoms with Crippen molar-refractivity contribution in [1.29, 1.82) is 0 Å². The number of allylic oxidation sites excluding steroid dienone is 1. The highest BCUT2D eigenvalue weighted by Gasteiger charge is 2.40. The summed E-state index contributed by atoms with van der Waals surface area (Å²) in [5.41, 5.74) is 3.35. The van der Waals surface area contributed by atoms with Gasteiger partial charge in [0.2, 0.25) is 0 Å². The molecule has 0 bridgehead atoms. The molecule has 0 aliphatic carbocycles. The lowest BCUT2D eigenvalue weighted by Gasteiger charge is -2.19. The minimum atomic E-state index is -3.44. The predicted molar refractivity (Wildman–Crippen MR) is 121 cm³/mol. The highest BCUT2D eigenvalue weighted by atomic mass is 32.2. The molecule has 0 spiro atoms. The number of aliphatic hydroxyl groups excluding tert-OH is 2. The number of aliphatic hydroxyl groups is 2. The molecule has 0 saturated heterocycles. The lowest BCUT2D eigenvalue weighted by atomic mass is 9.93. The van der Waals surface area contributed by atoms with E-state index in [0.717, 1.165) is 33.9 Å². The van der Waals surface area contributed by atoms with E-state index in [4.69, 9.17) is 0 Å². The van der Waals surface area contributed by atoms with E-state index in [-0.39, 0.29) is 11.5 Å². The largest absolute Gasteiger partial charge is 0.507 e. The van der Waals surface area contributed by atoms with Gasteiger partial charge in [0.1, 0.15) is 11.0 Å². The third-order valence-corrected chi connectivity index (χ3v) is 8.02. The third kappa shape index (κ3) is 4.46. The van der Waals surface area contributed by atoms with Crippen molar-refractivity contribution in [2.75, 3.05) is 12.4 Å². The summed E-state index contributed by atoms with van der Waals surface area (Å²) in [5, 5.41) is 31.3. The summed E-state index contributed by atoms with van der Waals surface area (Å²) in [6.07, 6.45) is 3.56. The topological polar surface area (TPSA) is 94.8 Å². The van der Waals surface area contributed by atoms with Gasteiger partial charge >= 0.3 is 0 Å². The molecule has 0 amide bonds. The van der Waals surface area contributed by atoms with Gasteiger partial charge in [-0.3, -0.25) is 0 Å². The molecule has 0 saturated carbocycles. The Labute approximate surface area is 178 Å². The van der Waals surface area contributed by atoms with Crippen molar-refractivity contribution >= 4 is 26.7 Å². The second-order valence-electron chi connectivity index (χ2n) is 7.82. The van der Waals surface area contributed by atoms with Crippen LogP contribution >= 0.6 is 0 Å². The van der Waals surface area contributed by atoms with Crippen LogP contribution in [0.1, 0.15) is 45.1 Å². The van der Waals surface area contributed by atoms with E-state index in [2.05, 4.69) is 6.08 Å². The number of rotatable bonds is 8. The maximum atomic E-state index is 12.3. The molecule has 1 aliphatic heterocycles. The summed E-state index contributed by atoms with van der Waals surface area (Å²) >= 11 is 0. The summed E-state index contributed by atoms with van der Waals surface area (Å²) in [4.78, 5) is 0. The van der Waals surface area contributed by atoms with Crippen LogP contribution < -0.4 is 0 Å². The summed E-state index contributed by atoms with van der Waals surface area (Å²) in [6, 6.07) is 11.2. The molecule has 1 aliphatic rings. The number of phenolic OH excluding ortho intramolecular Hbond substituents is 1. The van der Waals surface area contributed by atoms with Crippen LogP contribution in [0.15, 0.2) is 53.1 Å². The normalized spacial score (nSPS) is 20.1. The zero-order valence-corrected chi connectivity index (χ0v) is 18.3. The molecule has 0 fully saturated rings. The maximum Gasteiger partial charge on any atom is 0.163 e. The van der Waals surface area contributed by atoms with Crippen molar-refractivity contribution in [3.05, 3.63) is 58.7 Å². The fraction of sp³-hybridized carbons (Fsp3) is 0.417. The zero-order valence-electron chi connectivity index (χ0n) is 17.5. The molecule has 1 heterocycles. The minimum Gasteiger partial charge on any atom is -0.507 e. The van der Waals surface area contributed by atoms with Crippen molar-refractivity contribution in [2.45, 2.75) is 50.9 Å². The maximum absolute atomic E-state index is 12.3.